The third-order valence-electron chi connectivity index (χ3n) is 11.9. The van der Waals surface area contributed by atoms with Crippen molar-refractivity contribution in [1.82, 2.24) is 0 Å². The van der Waals surface area contributed by atoms with Crippen molar-refractivity contribution in [1.29, 1.82) is 0 Å². The first-order valence-electron chi connectivity index (χ1n) is 29.0. The van der Waals surface area contributed by atoms with Gasteiger partial charge in [0, 0.05) is 19.3 Å². The molecule has 0 bridgehead atoms. The first-order chi connectivity index (χ1) is 35.0. The van der Waals surface area contributed by atoms with Gasteiger partial charge in [0.15, 0.2) is 6.10 Å². The second-order valence-electron chi connectivity index (χ2n) is 18.8. The zero-order valence-corrected chi connectivity index (χ0v) is 45.9. The maximum absolute atomic E-state index is 12.8. The van der Waals surface area contributed by atoms with Gasteiger partial charge in [-0.3, -0.25) is 14.4 Å². The Labute approximate surface area is 437 Å². The minimum Gasteiger partial charge on any atom is -0.462 e. The third-order valence-corrected chi connectivity index (χ3v) is 11.9. The topological polar surface area (TPSA) is 78.9 Å². The Morgan fingerprint density at radius 2 is 0.549 bits per heavy atom. The quantitative estimate of drug-likeness (QED) is 0.0261. The lowest BCUT2D eigenvalue weighted by molar-refractivity contribution is -0.167. The SMILES string of the molecule is CC/C=C\C/C=C\C/C=C\C/C=C\CCCCCCC(=O)OC(COC(=O)CCCCC/C=C\C/C=C\C/C=C\CC)COC(=O)CCCCCCCCCC/C=C\C/C=C\C/C=C\CCCCCCC. The number of hydrogen-bond acceptors (Lipinski definition) is 6. The van der Waals surface area contributed by atoms with E-state index in [9.17, 15) is 14.4 Å². The Morgan fingerprint density at radius 1 is 0.296 bits per heavy atom. The lowest BCUT2D eigenvalue weighted by Gasteiger charge is -2.18. The zero-order valence-electron chi connectivity index (χ0n) is 45.9. The molecule has 0 aliphatic carbocycles. The van der Waals surface area contributed by atoms with Crippen molar-refractivity contribution >= 4 is 17.9 Å². The normalized spacial score (nSPS) is 13.0. The van der Waals surface area contributed by atoms with Gasteiger partial charge in [-0.05, 0) is 128 Å². The molecule has 0 aliphatic heterocycles. The van der Waals surface area contributed by atoms with Crippen molar-refractivity contribution in [2.75, 3.05) is 13.2 Å². The van der Waals surface area contributed by atoms with Gasteiger partial charge in [-0.15, -0.1) is 0 Å². The van der Waals surface area contributed by atoms with Crippen LogP contribution in [-0.2, 0) is 28.6 Å². The molecule has 0 radical (unpaired) electrons. The van der Waals surface area contributed by atoms with Crippen molar-refractivity contribution in [3.8, 4) is 0 Å². The Balaban J connectivity index is 4.43. The number of hydrogen-bond donors (Lipinski definition) is 0. The van der Waals surface area contributed by atoms with Crippen LogP contribution in [0.2, 0.25) is 0 Å². The van der Waals surface area contributed by atoms with E-state index < -0.39 is 6.10 Å². The van der Waals surface area contributed by atoms with Gasteiger partial charge in [0.2, 0.25) is 0 Å². The highest BCUT2D eigenvalue weighted by molar-refractivity contribution is 5.71. The van der Waals surface area contributed by atoms with Crippen molar-refractivity contribution < 1.29 is 28.6 Å². The zero-order chi connectivity index (χ0) is 51.4. The minimum absolute atomic E-state index is 0.105. The van der Waals surface area contributed by atoms with Crippen LogP contribution < -0.4 is 0 Å². The summed E-state index contributed by atoms with van der Waals surface area (Å²) >= 11 is 0. The smallest absolute Gasteiger partial charge is 0.306 e. The summed E-state index contributed by atoms with van der Waals surface area (Å²) < 4.78 is 16.8. The monoisotopic (exact) mass is 983 g/mol. The molecule has 0 rings (SSSR count). The number of rotatable bonds is 51. The third kappa shape index (κ3) is 56.6. The fourth-order valence-corrected chi connectivity index (χ4v) is 7.63. The lowest BCUT2D eigenvalue weighted by atomic mass is 10.1. The molecule has 0 heterocycles. The van der Waals surface area contributed by atoms with Crippen molar-refractivity contribution in [3.63, 3.8) is 0 Å². The maximum atomic E-state index is 12.8. The molecule has 1 atom stereocenters. The van der Waals surface area contributed by atoms with Crippen LogP contribution >= 0.6 is 0 Å². The number of allylic oxidation sites excluding steroid dienone is 20. The molecule has 1 unspecified atom stereocenters. The van der Waals surface area contributed by atoms with Gasteiger partial charge < -0.3 is 14.2 Å². The summed E-state index contributed by atoms with van der Waals surface area (Å²) in [7, 11) is 0. The Hall–Kier alpha value is -4.19. The molecule has 6 nitrogen and oxygen atoms in total. The number of esters is 3. The number of unbranched alkanes of at least 4 members (excludes halogenated alkanes) is 20. The summed E-state index contributed by atoms with van der Waals surface area (Å²) in [6.45, 7) is 6.34. The van der Waals surface area contributed by atoms with Crippen LogP contribution in [-0.4, -0.2) is 37.2 Å². The summed E-state index contributed by atoms with van der Waals surface area (Å²) in [5.41, 5.74) is 0. The average molecular weight is 984 g/mol. The van der Waals surface area contributed by atoms with Crippen molar-refractivity contribution in [2.45, 2.75) is 258 Å². The van der Waals surface area contributed by atoms with E-state index in [1.807, 2.05) is 0 Å². The van der Waals surface area contributed by atoms with Crippen LogP contribution in [0.25, 0.3) is 0 Å². The molecule has 0 fully saturated rings. The van der Waals surface area contributed by atoms with Crippen LogP contribution in [0.1, 0.15) is 252 Å². The fourth-order valence-electron chi connectivity index (χ4n) is 7.63. The van der Waals surface area contributed by atoms with E-state index in [-0.39, 0.29) is 37.5 Å². The van der Waals surface area contributed by atoms with Gasteiger partial charge >= 0.3 is 17.9 Å². The van der Waals surface area contributed by atoms with Crippen LogP contribution in [0, 0.1) is 0 Å². The number of ether oxygens (including phenoxy) is 3. The molecule has 0 aromatic rings. The van der Waals surface area contributed by atoms with E-state index >= 15 is 0 Å². The largest absolute Gasteiger partial charge is 0.462 e. The van der Waals surface area contributed by atoms with Gasteiger partial charge in [0.1, 0.15) is 13.2 Å². The van der Waals surface area contributed by atoms with Crippen LogP contribution in [0.3, 0.4) is 0 Å². The van der Waals surface area contributed by atoms with Crippen LogP contribution in [0.4, 0.5) is 0 Å². The molecule has 6 heteroatoms. The molecular weight excluding hydrogens is 877 g/mol. The van der Waals surface area contributed by atoms with Gasteiger partial charge in [-0.25, -0.2) is 0 Å². The van der Waals surface area contributed by atoms with Gasteiger partial charge in [0.05, 0.1) is 0 Å². The van der Waals surface area contributed by atoms with E-state index in [2.05, 4.69) is 142 Å². The molecule has 71 heavy (non-hydrogen) atoms. The molecule has 402 valence electrons. The average Bonchev–Trinajstić information content (AvgIpc) is 3.37. The summed E-state index contributed by atoms with van der Waals surface area (Å²) in [5.74, 6) is -0.968. The molecule has 0 spiro atoms. The summed E-state index contributed by atoms with van der Waals surface area (Å²) in [4.78, 5) is 38.2. The second kappa shape index (κ2) is 58.4. The predicted molar refractivity (Wildman–Crippen MR) is 306 cm³/mol. The van der Waals surface area contributed by atoms with Crippen molar-refractivity contribution in [3.05, 3.63) is 122 Å². The number of carbonyl (C=O) groups excluding carboxylic acids is 3. The molecular formula is C65H106O6. The van der Waals surface area contributed by atoms with Crippen LogP contribution in [0.15, 0.2) is 122 Å². The molecule has 0 amide bonds. The van der Waals surface area contributed by atoms with E-state index in [1.54, 1.807) is 0 Å². The predicted octanol–water partition coefficient (Wildman–Crippen LogP) is 19.6. The lowest BCUT2D eigenvalue weighted by Crippen LogP contribution is -2.30. The molecule has 0 aromatic carbocycles. The highest BCUT2D eigenvalue weighted by atomic mass is 16.6. The van der Waals surface area contributed by atoms with E-state index in [4.69, 9.17) is 14.2 Å². The second-order valence-corrected chi connectivity index (χ2v) is 18.8. The molecule has 0 N–H and O–H groups in total. The maximum Gasteiger partial charge on any atom is 0.306 e. The summed E-state index contributed by atoms with van der Waals surface area (Å²) in [6, 6.07) is 0. The molecule has 0 saturated heterocycles. The molecule has 0 aromatic heterocycles. The highest BCUT2D eigenvalue weighted by Crippen LogP contribution is 2.14. The number of carbonyl (C=O) groups is 3. The molecule has 0 saturated carbocycles. The summed E-state index contributed by atoms with van der Waals surface area (Å²) in [5, 5.41) is 0. The minimum atomic E-state index is -0.810. The van der Waals surface area contributed by atoms with Gasteiger partial charge in [0.25, 0.3) is 0 Å². The van der Waals surface area contributed by atoms with Gasteiger partial charge in [-0.2, -0.15) is 0 Å². The summed E-state index contributed by atoms with van der Waals surface area (Å²) in [6.07, 6.45) is 80.5. The Morgan fingerprint density at radius 3 is 0.873 bits per heavy atom. The molecule has 0 aliphatic rings. The first kappa shape index (κ1) is 66.8. The van der Waals surface area contributed by atoms with Crippen molar-refractivity contribution in [2.24, 2.45) is 0 Å². The Bertz CT molecular complexity index is 1500. The van der Waals surface area contributed by atoms with E-state index in [0.717, 1.165) is 141 Å². The highest BCUT2D eigenvalue weighted by Gasteiger charge is 2.19. The van der Waals surface area contributed by atoms with E-state index in [0.29, 0.717) is 12.8 Å². The van der Waals surface area contributed by atoms with Crippen LogP contribution in [0.5, 0.6) is 0 Å². The van der Waals surface area contributed by atoms with E-state index in [1.165, 1.54) is 70.6 Å². The standard InChI is InChI=1S/C65H106O6/c1-4-7-10-13-16-19-22-25-27-29-30-31-32-33-34-36-37-40-43-46-49-52-55-58-64(67)70-61-62(60-69-63(66)57-54-51-48-45-42-39-24-21-18-15-12-9-6-3)71-65(68)59-56-53-50-47-44-41-38-35-28-26-23-20-17-14-11-8-5-2/h8-9,11-12,17-18,20-22,25-26,28-30,32-33,38-39,41-42,62H,4-7,10,13-16,19,23-24,27,31,34-37,40,43-61H2,1-3H3/b11-8-,12-9-,20-17-,21-18-,25-22-,28-26-,30-29-,33-32-,41-38-,42-39-. The fraction of sp³-hybridized carbons (Fsp3) is 0.646. The first-order valence-corrected chi connectivity index (χ1v) is 29.0. The Kier molecular flexibility index (Phi) is 54.9. The van der Waals surface area contributed by atoms with Gasteiger partial charge in [-0.1, -0.05) is 226 Å².